The van der Waals surface area contributed by atoms with E-state index in [4.69, 9.17) is 4.74 Å². The van der Waals surface area contributed by atoms with Gasteiger partial charge < -0.3 is 10.1 Å². The average Bonchev–Trinajstić information content (AvgIpc) is 2.41. The second-order valence-electron chi connectivity index (χ2n) is 5.63. The number of hydrogen-bond acceptors (Lipinski definition) is 2. The van der Waals surface area contributed by atoms with Gasteiger partial charge in [-0.3, -0.25) is 0 Å². The van der Waals surface area contributed by atoms with E-state index in [1.807, 2.05) is 6.07 Å². The molecule has 0 saturated heterocycles. The number of rotatable bonds is 9. The largest absolute Gasteiger partial charge is 0.493 e. The van der Waals surface area contributed by atoms with Gasteiger partial charge in [-0.25, -0.2) is 0 Å². The fourth-order valence-electron chi connectivity index (χ4n) is 2.02. The highest BCUT2D eigenvalue weighted by atomic mass is 16.5. The predicted octanol–water partition coefficient (Wildman–Crippen LogP) is 4.25. The van der Waals surface area contributed by atoms with Crippen LogP contribution in [0.3, 0.4) is 0 Å². The first-order chi connectivity index (χ1) is 9.17. The van der Waals surface area contributed by atoms with E-state index < -0.39 is 0 Å². The normalized spacial score (nSPS) is 11.3. The maximum atomic E-state index is 6.00. The summed E-state index contributed by atoms with van der Waals surface area (Å²) in [5, 5.41) is 3.48. The Morgan fingerprint density at radius 1 is 1.11 bits per heavy atom. The van der Waals surface area contributed by atoms with Gasteiger partial charge in [0.1, 0.15) is 5.75 Å². The lowest BCUT2D eigenvalue weighted by Gasteiger charge is -2.17. The molecule has 0 radical (unpaired) electrons. The van der Waals surface area contributed by atoms with Crippen molar-refractivity contribution in [2.75, 3.05) is 13.2 Å². The molecule has 0 fully saturated rings. The molecule has 0 amide bonds. The number of hydrogen-bond donors (Lipinski definition) is 1. The third-order valence-corrected chi connectivity index (χ3v) is 3.47. The van der Waals surface area contributed by atoms with Crippen LogP contribution >= 0.6 is 0 Å². The lowest BCUT2D eigenvalue weighted by atomic mass is 10.1. The average molecular weight is 263 g/mol. The van der Waals surface area contributed by atoms with Crippen molar-refractivity contribution < 1.29 is 4.74 Å². The van der Waals surface area contributed by atoms with Crippen molar-refractivity contribution in [1.29, 1.82) is 0 Å². The first-order valence-electron chi connectivity index (χ1n) is 7.58. The van der Waals surface area contributed by atoms with E-state index in [0.717, 1.165) is 25.4 Å². The molecule has 0 aliphatic carbocycles. The van der Waals surface area contributed by atoms with Crippen molar-refractivity contribution in [2.45, 2.75) is 47.1 Å². The summed E-state index contributed by atoms with van der Waals surface area (Å²) >= 11 is 0. The molecule has 108 valence electrons. The highest BCUT2D eigenvalue weighted by Gasteiger charge is 2.07. The summed E-state index contributed by atoms with van der Waals surface area (Å²) in [5.74, 6) is 2.37. The highest BCUT2D eigenvalue weighted by Crippen LogP contribution is 2.19. The highest BCUT2D eigenvalue weighted by molar-refractivity contribution is 5.33. The molecular formula is C17H29NO. The molecule has 0 aliphatic heterocycles. The Labute approximate surface area is 118 Å². The molecule has 1 N–H and O–H groups in total. The van der Waals surface area contributed by atoms with Crippen LogP contribution in [0.5, 0.6) is 5.75 Å². The summed E-state index contributed by atoms with van der Waals surface area (Å²) in [5.41, 5.74) is 1.26. The van der Waals surface area contributed by atoms with E-state index in [-0.39, 0.29) is 0 Å². The molecule has 1 aromatic carbocycles. The molecule has 0 aromatic heterocycles. The lowest BCUT2D eigenvalue weighted by Crippen LogP contribution is -2.20. The number of ether oxygens (including phenoxy) is 1. The second-order valence-corrected chi connectivity index (χ2v) is 5.63. The van der Waals surface area contributed by atoms with Crippen LogP contribution in [0.25, 0.3) is 0 Å². The Bertz CT molecular complexity index is 345. The van der Waals surface area contributed by atoms with E-state index in [9.17, 15) is 0 Å². The minimum absolute atomic E-state index is 0.664. The molecule has 1 aromatic rings. The quantitative estimate of drug-likeness (QED) is 0.719. The Balaban J connectivity index is 2.52. The minimum atomic E-state index is 0.664. The van der Waals surface area contributed by atoms with Crippen LogP contribution in [-0.4, -0.2) is 13.2 Å². The van der Waals surface area contributed by atoms with Gasteiger partial charge in [0.2, 0.25) is 0 Å². The van der Waals surface area contributed by atoms with Crippen LogP contribution < -0.4 is 10.1 Å². The van der Waals surface area contributed by atoms with Crippen molar-refractivity contribution >= 4 is 0 Å². The van der Waals surface area contributed by atoms with E-state index in [2.05, 4.69) is 51.2 Å². The fraction of sp³-hybridized carbons (Fsp3) is 0.647. The first-order valence-corrected chi connectivity index (χ1v) is 7.58. The van der Waals surface area contributed by atoms with Gasteiger partial charge in [0, 0.05) is 12.1 Å². The van der Waals surface area contributed by atoms with E-state index in [0.29, 0.717) is 11.8 Å². The third kappa shape index (κ3) is 6.11. The summed E-state index contributed by atoms with van der Waals surface area (Å²) in [6.07, 6.45) is 2.37. The summed E-state index contributed by atoms with van der Waals surface area (Å²) in [4.78, 5) is 0. The Morgan fingerprint density at radius 3 is 2.42 bits per heavy atom. The molecule has 0 heterocycles. The minimum Gasteiger partial charge on any atom is -0.493 e. The van der Waals surface area contributed by atoms with Crippen LogP contribution in [0.2, 0.25) is 0 Å². The number of benzene rings is 1. The van der Waals surface area contributed by atoms with Gasteiger partial charge in [-0.05, 0) is 24.4 Å². The lowest BCUT2D eigenvalue weighted by molar-refractivity contribution is 0.238. The zero-order chi connectivity index (χ0) is 14.1. The molecule has 2 heteroatoms. The molecule has 1 rings (SSSR count). The topological polar surface area (TPSA) is 21.3 Å². The summed E-state index contributed by atoms with van der Waals surface area (Å²) in [6, 6.07) is 8.36. The van der Waals surface area contributed by atoms with Crippen LogP contribution in [0, 0.1) is 11.8 Å². The third-order valence-electron chi connectivity index (χ3n) is 3.47. The standard InChI is InChI=1S/C17H29NO/c1-5-15(6-2)13-19-17-10-8-7-9-16(17)12-18-11-14(3)4/h7-10,14-15,18H,5-6,11-13H2,1-4H3. The molecule has 0 saturated carbocycles. The van der Waals surface area contributed by atoms with Gasteiger partial charge in [0.05, 0.1) is 6.61 Å². The molecule has 0 bridgehead atoms. The first kappa shape index (κ1) is 16.0. The van der Waals surface area contributed by atoms with E-state index in [1.165, 1.54) is 18.4 Å². The molecule has 0 unspecified atom stereocenters. The predicted molar refractivity (Wildman–Crippen MR) is 82.6 cm³/mol. The van der Waals surface area contributed by atoms with Crippen LogP contribution in [0.4, 0.5) is 0 Å². The molecular weight excluding hydrogens is 234 g/mol. The summed E-state index contributed by atoms with van der Waals surface area (Å²) in [6.45, 7) is 11.7. The smallest absolute Gasteiger partial charge is 0.123 e. The molecule has 0 aliphatic rings. The van der Waals surface area contributed by atoms with E-state index in [1.54, 1.807) is 0 Å². The Morgan fingerprint density at radius 2 is 1.79 bits per heavy atom. The zero-order valence-electron chi connectivity index (χ0n) is 12.9. The van der Waals surface area contributed by atoms with Crippen molar-refractivity contribution in [3.63, 3.8) is 0 Å². The van der Waals surface area contributed by atoms with Gasteiger partial charge >= 0.3 is 0 Å². The maximum Gasteiger partial charge on any atom is 0.123 e. The number of nitrogens with one attached hydrogen (secondary N) is 1. The Hall–Kier alpha value is -1.02. The van der Waals surface area contributed by atoms with Crippen molar-refractivity contribution in [3.05, 3.63) is 29.8 Å². The summed E-state index contributed by atoms with van der Waals surface area (Å²) in [7, 11) is 0. The molecule has 0 spiro atoms. The van der Waals surface area contributed by atoms with Crippen LogP contribution in [0.1, 0.15) is 46.1 Å². The van der Waals surface area contributed by atoms with Crippen LogP contribution in [-0.2, 0) is 6.54 Å². The van der Waals surface area contributed by atoms with Crippen LogP contribution in [0.15, 0.2) is 24.3 Å². The maximum absolute atomic E-state index is 6.00. The number of para-hydroxylation sites is 1. The van der Waals surface area contributed by atoms with Crippen molar-refractivity contribution in [3.8, 4) is 5.75 Å². The molecule has 0 atom stereocenters. The zero-order valence-corrected chi connectivity index (χ0v) is 12.9. The van der Waals surface area contributed by atoms with Crippen molar-refractivity contribution in [1.82, 2.24) is 5.32 Å². The SMILES string of the molecule is CCC(CC)COc1ccccc1CNCC(C)C. The molecule has 19 heavy (non-hydrogen) atoms. The van der Waals surface area contributed by atoms with Gasteiger partial charge in [-0.1, -0.05) is 58.7 Å². The van der Waals surface area contributed by atoms with Gasteiger partial charge in [-0.15, -0.1) is 0 Å². The van der Waals surface area contributed by atoms with Gasteiger partial charge in [0.15, 0.2) is 0 Å². The van der Waals surface area contributed by atoms with Gasteiger partial charge in [-0.2, -0.15) is 0 Å². The van der Waals surface area contributed by atoms with Gasteiger partial charge in [0.25, 0.3) is 0 Å². The monoisotopic (exact) mass is 263 g/mol. The van der Waals surface area contributed by atoms with E-state index >= 15 is 0 Å². The Kier molecular flexibility index (Phi) is 7.57. The van der Waals surface area contributed by atoms with Crippen molar-refractivity contribution in [2.24, 2.45) is 11.8 Å². The summed E-state index contributed by atoms with van der Waals surface area (Å²) < 4.78 is 6.00. The molecule has 2 nitrogen and oxygen atoms in total. The fourth-order valence-corrected chi connectivity index (χ4v) is 2.02. The second kappa shape index (κ2) is 8.98.